The van der Waals surface area contributed by atoms with Gasteiger partial charge in [0.15, 0.2) is 9.79 Å². The Bertz CT molecular complexity index is 672. The van der Waals surface area contributed by atoms with E-state index in [1.54, 1.807) is 0 Å². The van der Waals surface area contributed by atoms with E-state index in [9.17, 15) is 0 Å². The average molecular weight is 291 g/mol. The molecule has 0 heterocycles. The molecule has 1 unspecified atom stereocenters. The maximum absolute atomic E-state index is 2.27. The molecule has 0 aliphatic heterocycles. The van der Waals surface area contributed by atoms with Gasteiger partial charge in [-0.15, -0.1) is 0 Å². The molecule has 104 valence electrons. The van der Waals surface area contributed by atoms with Crippen molar-refractivity contribution in [2.24, 2.45) is 0 Å². The SMILES string of the molecule is Cc1ccc([S+](Cc2ccccc2)c2ccccc2)cc1. The highest BCUT2D eigenvalue weighted by molar-refractivity contribution is 7.96. The Kier molecular flexibility index (Phi) is 4.42. The van der Waals surface area contributed by atoms with E-state index in [0.717, 1.165) is 5.75 Å². The monoisotopic (exact) mass is 291 g/mol. The quantitative estimate of drug-likeness (QED) is 0.577. The van der Waals surface area contributed by atoms with Crippen molar-refractivity contribution in [1.82, 2.24) is 0 Å². The molecule has 3 rings (SSSR count). The molecular weight excluding hydrogens is 272 g/mol. The number of benzene rings is 3. The van der Waals surface area contributed by atoms with E-state index < -0.39 is 0 Å². The van der Waals surface area contributed by atoms with Crippen LogP contribution in [0.1, 0.15) is 11.1 Å². The van der Waals surface area contributed by atoms with Gasteiger partial charge in [-0.2, -0.15) is 0 Å². The molecule has 3 aromatic rings. The van der Waals surface area contributed by atoms with Crippen LogP contribution in [0, 0.1) is 6.92 Å². The fourth-order valence-corrected chi connectivity index (χ4v) is 4.41. The molecule has 0 amide bonds. The summed E-state index contributed by atoms with van der Waals surface area (Å²) in [5.74, 6) is 1.06. The van der Waals surface area contributed by atoms with Gasteiger partial charge in [-0.1, -0.05) is 66.2 Å². The second-order valence-corrected chi connectivity index (χ2v) is 7.16. The molecule has 21 heavy (non-hydrogen) atoms. The Morgan fingerprint density at radius 1 is 0.619 bits per heavy atom. The molecule has 0 radical (unpaired) electrons. The van der Waals surface area contributed by atoms with Crippen molar-refractivity contribution in [2.75, 3.05) is 0 Å². The smallest absolute Gasteiger partial charge is 0.0622 e. The minimum absolute atomic E-state index is 0.0895. The van der Waals surface area contributed by atoms with Gasteiger partial charge in [-0.25, -0.2) is 0 Å². The van der Waals surface area contributed by atoms with E-state index in [2.05, 4.69) is 91.9 Å². The second-order valence-electron chi connectivity index (χ2n) is 5.15. The van der Waals surface area contributed by atoms with Gasteiger partial charge in [0.2, 0.25) is 0 Å². The van der Waals surface area contributed by atoms with Gasteiger partial charge < -0.3 is 0 Å². The Hall–Kier alpha value is -1.99. The first-order chi connectivity index (χ1) is 10.3. The second kappa shape index (κ2) is 6.64. The molecule has 1 atom stereocenters. The van der Waals surface area contributed by atoms with Gasteiger partial charge in [-0.05, 0) is 31.2 Å². The molecule has 0 N–H and O–H groups in total. The first-order valence-corrected chi connectivity index (χ1v) is 8.59. The molecular formula is C20H19S+. The summed E-state index contributed by atoms with van der Waals surface area (Å²) in [4.78, 5) is 2.82. The van der Waals surface area contributed by atoms with Crippen LogP contribution < -0.4 is 0 Å². The minimum atomic E-state index is 0.0895. The third kappa shape index (κ3) is 3.56. The standard InChI is InChI=1S/C20H19S/c1-17-12-14-20(15-13-17)21(19-10-6-3-7-11-19)16-18-8-4-2-5-9-18/h2-15H,16H2,1H3/q+1. The topological polar surface area (TPSA) is 0 Å². The van der Waals surface area contributed by atoms with Crippen LogP contribution in [0.3, 0.4) is 0 Å². The van der Waals surface area contributed by atoms with E-state index in [4.69, 9.17) is 0 Å². The van der Waals surface area contributed by atoms with Crippen LogP contribution in [0.15, 0.2) is 94.7 Å². The highest BCUT2D eigenvalue weighted by Crippen LogP contribution is 2.27. The summed E-state index contributed by atoms with van der Waals surface area (Å²) >= 11 is 0. The molecule has 0 bridgehead atoms. The Balaban J connectivity index is 1.97. The lowest BCUT2D eigenvalue weighted by atomic mass is 10.2. The highest BCUT2D eigenvalue weighted by atomic mass is 32.2. The Morgan fingerprint density at radius 3 is 1.76 bits per heavy atom. The van der Waals surface area contributed by atoms with Crippen molar-refractivity contribution < 1.29 is 0 Å². The van der Waals surface area contributed by atoms with Gasteiger partial charge in [0.25, 0.3) is 0 Å². The summed E-state index contributed by atoms with van der Waals surface area (Å²) in [6.45, 7) is 2.14. The molecule has 0 aromatic heterocycles. The summed E-state index contributed by atoms with van der Waals surface area (Å²) in [6, 6.07) is 30.6. The van der Waals surface area contributed by atoms with Crippen molar-refractivity contribution in [3.63, 3.8) is 0 Å². The summed E-state index contributed by atoms with van der Waals surface area (Å²) < 4.78 is 0. The molecule has 1 heteroatoms. The van der Waals surface area contributed by atoms with Crippen molar-refractivity contribution in [2.45, 2.75) is 22.5 Å². The summed E-state index contributed by atoms with van der Waals surface area (Å²) in [5.41, 5.74) is 2.71. The molecule has 0 fully saturated rings. The largest absolute Gasteiger partial charge is 0.161 e. The van der Waals surface area contributed by atoms with E-state index in [-0.39, 0.29) is 10.9 Å². The van der Waals surface area contributed by atoms with E-state index in [1.165, 1.54) is 20.9 Å². The van der Waals surface area contributed by atoms with Crippen LogP contribution in [-0.2, 0) is 16.6 Å². The fraction of sp³-hybridized carbons (Fsp3) is 0.100. The molecule has 3 aromatic carbocycles. The van der Waals surface area contributed by atoms with Crippen LogP contribution in [0.4, 0.5) is 0 Å². The van der Waals surface area contributed by atoms with E-state index >= 15 is 0 Å². The first kappa shape index (κ1) is 14.0. The third-order valence-electron chi connectivity index (χ3n) is 3.49. The summed E-state index contributed by atoms with van der Waals surface area (Å²) in [5, 5.41) is 0. The van der Waals surface area contributed by atoms with Crippen molar-refractivity contribution >= 4 is 10.9 Å². The highest BCUT2D eigenvalue weighted by Gasteiger charge is 2.25. The van der Waals surface area contributed by atoms with E-state index in [1.807, 2.05) is 0 Å². The lowest BCUT2D eigenvalue weighted by Crippen LogP contribution is -2.07. The molecule has 0 aliphatic carbocycles. The molecule has 0 aliphatic rings. The number of hydrogen-bond acceptors (Lipinski definition) is 0. The zero-order valence-electron chi connectivity index (χ0n) is 12.2. The maximum Gasteiger partial charge on any atom is 0.161 e. The van der Waals surface area contributed by atoms with Crippen LogP contribution in [-0.4, -0.2) is 0 Å². The van der Waals surface area contributed by atoms with Crippen LogP contribution >= 0.6 is 0 Å². The zero-order chi connectivity index (χ0) is 14.5. The van der Waals surface area contributed by atoms with Crippen LogP contribution in [0.5, 0.6) is 0 Å². The number of rotatable bonds is 4. The summed E-state index contributed by atoms with van der Waals surface area (Å²) in [7, 11) is 0.0895. The van der Waals surface area contributed by atoms with Gasteiger partial charge in [0.1, 0.15) is 5.75 Å². The third-order valence-corrected chi connectivity index (χ3v) is 5.79. The van der Waals surface area contributed by atoms with Gasteiger partial charge in [0.05, 0.1) is 10.9 Å². The number of aryl methyl sites for hydroxylation is 1. The fourth-order valence-electron chi connectivity index (χ4n) is 2.33. The van der Waals surface area contributed by atoms with Gasteiger partial charge >= 0.3 is 0 Å². The van der Waals surface area contributed by atoms with Crippen molar-refractivity contribution in [3.05, 3.63) is 96.1 Å². The van der Waals surface area contributed by atoms with Gasteiger partial charge in [0, 0.05) is 5.56 Å². The van der Waals surface area contributed by atoms with Crippen molar-refractivity contribution in [1.29, 1.82) is 0 Å². The maximum atomic E-state index is 2.27. The van der Waals surface area contributed by atoms with Crippen LogP contribution in [0.2, 0.25) is 0 Å². The molecule has 0 saturated heterocycles. The predicted molar refractivity (Wildman–Crippen MR) is 91.7 cm³/mol. The number of hydrogen-bond donors (Lipinski definition) is 0. The first-order valence-electron chi connectivity index (χ1n) is 7.19. The molecule has 0 spiro atoms. The normalized spacial score (nSPS) is 12.0. The predicted octanol–water partition coefficient (Wildman–Crippen LogP) is 5.23. The zero-order valence-corrected chi connectivity index (χ0v) is 13.0. The Morgan fingerprint density at radius 2 is 1.14 bits per heavy atom. The Labute approximate surface area is 129 Å². The summed E-state index contributed by atoms with van der Waals surface area (Å²) in [6.07, 6.45) is 0. The van der Waals surface area contributed by atoms with E-state index in [0.29, 0.717) is 0 Å². The average Bonchev–Trinajstić information content (AvgIpc) is 2.55. The lowest BCUT2D eigenvalue weighted by molar-refractivity contribution is 1.29. The molecule has 0 nitrogen and oxygen atoms in total. The molecule has 0 saturated carbocycles. The van der Waals surface area contributed by atoms with Crippen molar-refractivity contribution in [3.8, 4) is 0 Å². The van der Waals surface area contributed by atoms with Crippen LogP contribution in [0.25, 0.3) is 0 Å². The lowest BCUT2D eigenvalue weighted by Gasteiger charge is -2.08. The van der Waals surface area contributed by atoms with Gasteiger partial charge in [-0.3, -0.25) is 0 Å². The minimum Gasteiger partial charge on any atom is -0.0622 e.